The van der Waals surface area contributed by atoms with E-state index in [-0.39, 0.29) is 43.5 Å². The van der Waals surface area contributed by atoms with Crippen molar-refractivity contribution in [2.45, 2.75) is 0 Å². The maximum atomic E-state index is 8.34. The summed E-state index contributed by atoms with van der Waals surface area (Å²) >= 11 is 0. The van der Waals surface area contributed by atoms with Crippen LogP contribution in [0.4, 0.5) is 0 Å². The molecule has 0 unspecified atom stereocenters. The fraction of sp³-hybridized carbons (Fsp3) is 1.00. The summed E-state index contributed by atoms with van der Waals surface area (Å²) in [4.78, 5) is 3.72. The van der Waals surface area contributed by atoms with Crippen LogP contribution in [0.3, 0.4) is 0 Å². The van der Waals surface area contributed by atoms with Crippen molar-refractivity contribution >= 4 is 0 Å². The fourth-order valence-corrected chi connectivity index (χ4v) is 0.906. The number of rotatable bonds is 8. The predicted octanol–water partition coefficient (Wildman–Crippen LogP) is -2.20. The van der Waals surface area contributed by atoms with Crippen molar-refractivity contribution in [2.24, 2.45) is 0 Å². The molecule has 17 heavy (non-hydrogen) atoms. The largest absolute Gasteiger partial charge is 0.395 e. The topological polar surface area (TPSA) is 87.4 Å². The average molecular weight is 302 g/mol. The maximum absolute atomic E-state index is 8.34. The first-order chi connectivity index (χ1) is 7.62. The SMILES string of the molecule is CN(CCO)CCO.CN(CCO)CCO.[Cu]. The van der Waals surface area contributed by atoms with Crippen molar-refractivity contribution < 1.29 is 37.5 Å². The van der Waals surface area contributed by atoms with E-state index in [1.54, 1.807) is 0 Å². The van der Waals surface area contributed by atoms with Gasteiger partial charge in [0.15, 0.2) is 0 Å². The minimum Gasteiger partial charge on any atom is -0.395 e. The van der Waals surface area contributed by atoms with E-state index in [0.29, 0.717) is 26.2 Å². The van der Waals surface area contributed by atoms with Gasteiger partial charge in [-0.3, -0.25) is 0 Å². The number of aliphatic hydroxyl groups is 4. The van der Waals surface area contributed by atoms with Crippen molar-refractivity contribution in [3.05, 3.63) is 0 Å². The van der Waals surface area contributed by atoms with Gasteiger partial charge in [0, 0.05) is 43.2 Å². The number of hydrogen-bond acceptors (Lipinski definition) is 6. The van der Waals surface area contributed by atoms with Gasteiger partial charge >= 0.3 is 0 Å². The molecule has 6 nitrogen and oxygen atoms in total. The third-order valence-corrected chi connectivity index (χ3v) is 1.93. The number of nitrogens with zero attached hydrogens (tertiary/aromatic N) is 2. The number of likely N-dealkylation sites (N-methyl/N-ethyl adjacent to an activating group) is 2. The molecule has 0 aromatic carbocycles. The minimum atomic E-state index is 0. The van der Waals surface area contributed by atoms with E-state index in [0.717, 1.165) is 0 Å². The molecule has 0 aliphatic carbocycles. The van der Waals surface area contributed by atoms with Crippen LogP contribution in [0.25, 0.3) is 0 Å². The summed E-state index contributed by atoms with van der Waals surface area (Å²) in [5.74, 6) is 0. The van der Waals surface area contributed by atoms with Gasteiger partial charge in [-0.2, -0.15) is 0 Å². The molecule has 0 atom stereocenters. The predicted molar refractivity (Wildman–Crippen MR) is 63.3 cm³/mol. The second-order valence-electron chi connectivity index (χ2n) is 3.50. The third kappa shape index (κ3) is 22.0. The summed E-state index contributed by atoms with van der Waals surface area (Å²) in [6, 6.07) is 0. The summed E-state index contributed by atoms with van der Waals surface area (Å²) in [5, 5.41) is 33.4. The van der Waals surface area contributed by atoms with E-state index in [4.69, 9.17) is 20.4 Å². The smallest absolute Gasteiger partial charge is 0.0558 e. The molecular weight excluding hydrogens is 276 g/mol. The Morgan fingerprint density at radius 1 is 0.588 bits per heavy atom. The molecule has 0 aromatic heterocycles. The first-order valence-corrected chi connectivity index (χ1v) is 5.42. The van der Waals surface area contributed by atoms with E-state index in [1.807, 2.05) is 23.9 Å². The summed E-state index contributed by atoms with van der Waals surface area (Å²) in [6.45, 7) is 3.21. The Kier molecular flexibility index (Phi) is 24.6. The molecule has 0 amide bonds. The molecule has 0 saturated carbocycles. The normalized spacial score (nSPS) is 9.88. The van der Waals surface area contributed by atoms with E-state index in [2.05, 4.69) is 0 Å². The van der Waals surface area contributed by atoms with Crippen molar-refractivity contribution in [3.8, 4) is 0 Å². The van der Waals surface area contributed by atoms with Crippen LogP contribution in [-0.2, 0) is 17.1 Å². The average Bonchev–Trinajstić information content (AvgIpc) is 2.20. The van der Waals surface area contributed by atoms with Crippen LogP contribution in [0.2, 0.25) is 0 Å². The van der Waals surface area contributed by atoms with Crippen LogP contribution < -0.4 is 0 Å². The minimum absolute atomic E-state index is 0. The zero-order valence-corrected chi connectivity index (χ0v) is 11.6. The molecular formula is C10H26CuN2O4. The van der Waals surface area contributed by atoms with Crippen LogP contribution in [0.5, 0.6) is 0 Å². The van der Waals surface area contributed by atoms with Crippen LogP contribution in [0.1, 0.15) is 0 Å². The Bertz CT molecular complexity index is 107. The van der Waals surface area contributed by atoms with Crippen LogP contribution >= 0.6 is 0 Å². The molecule has 0 saturated heterocycles. The van der Waals surface area contributed by atoms with Crippen molar-refractivity contribution in [1.82, 2.24) is 9.80 Å². The molecule has 0 bridgehead atoms. The molecule has 0 aliphatic heterocycles. The van der Waals surface area contributed by atoms with Crippen molar-refractivity contribution in [2.75, 3.05) is 66.7 Å². The quantitative estimate of drug-likeness (QED) is 0.381. The van der Waals surface area contributed by atoms with Gasteiger partial charge in [-0.15, -0.1) is 0 Å². The zero-order valence-electron chi connectivity index (χ0n) is 10.6. The van der Waals surface area contributed by atoms with Crippen LogP contribution in [0.15, 0.2) is 0 Å². The Hall–Kier alpha value is 0.279. The number of hydrogen-bond donors (Lipinski definition) is 4. The molecule has 0 fully saturated rings. The van der Waals surface area contributed by atoms with E-state index in [9.17, 15) is 0 Å². The molecule has 4 N–H and O–H groups in total. The Morgan fingerprint density at radius 3 is 0.882 bits per heavy atom. The maximum Gasteiger partial charge on any atom is 0.0558 e. The Labute approximate surface area is 114 Å². The fourth-order valence-electron chi connectivity index (χ4n) is 0.906. The second kappa shape index (κ2) is 18.6. The van der Waals surface area contributed by atoms with E-state index in [1.165, 1.54) is 0 Å². The van der Waals surface area contributed by atoms with Gasteiger partial charge in [-0.1, -0.05) is 0 Å². The van der Waals surface area contributed by atoms with Gasteiger partial charge in [0.25, 0.3) is 0 Å². The first kappa shape index (κ1) is 22.5. The van der Waals surface area contributed by atoms with Gasteiger partial charge in [0.1, 0.15) is 0 Å². The summed E-state index contributed by atoms with van der Waals surface area (Å²) in [5.41, 5.74) is 0. The first-order valence-electron chi connectivity index (χ1n) is 5.42. The Morgan fingerprint density at radius 2 is 0.765 bits per heavy atom. The molecule has 1 radical (unpaired) electrons. The van der Waals surface area contributed by atoms with Gasteiger partial charge in [0.2, 0.25) is 0 Å². The second-order valence-corrected chi connectivity index (χ2v) is 3.50. The molecule has 0 heterocycles. The van der Waals surface area contributed by atoms with Crippen LogP contribution in [0, 0.1) is 0 Å². The van der Waals surface area contributed by atoms with Crippen LogP contribution in [-0.4, -0.2) is 96.9 Å². The van der Waals surface area contributed by atoms with Gasteiger partial charge in [0.05, 0.1) is 26.4 Å². The molecule has 111 valence electrons. The van der Waals surface area contributed by atoms with Crippen molar-refractivity contribution in [1.29, 1.82) is 0 Å². The van der Waals surface area contributed by atoms with E-state index >= 15 is 0 Å². The standard InChI is InChI=1S/2C5H13NO2.Cu/c2*1-6(2-4-7)3-5-8;/h2*7-8H,2-5H2,1H3;. The van der Waals surface area contributed by atoms with Gasteiger partial charge in [-0.25, -0.2) is 0 Å². The molecule has 0 spiro atoms. The molecule has 0 aromatic rings. The summed E-state index contributed by atoms with van der Waals surface area (Å²) < 4.78 is 0. The van der Waals surface area contributed by atoms with Crippen molar-refractivity contribution in [3.63, 3.8) is 0 Å². The van der Waals surface area contributed by atoms with Gasteiger partial charge < -0.3 is 30.2 Å². The Balaban J connectivity index is -0.000000218. The number of aliphatic hydroxyl groups excluding tert-OH is 4. The monoisotopic (exact) mass is 301 g/mol. The zero-order chi connectivity index (χ0) is 12.8. The molecule has 0 rings (SSSR count). The molecule has 7 heteroatoms. The van der Waals surface area contributed by atoms with Gasteiger partial charge in [-0.05, 0) is 14.1 Å². The third-order valence-electron chi connectivity index (χ3n) is 1.93. The molecule has 0 aliphatic rings. The summed E-state index contributed by atoms with van der Waals surface area (Å²) in [6.07, 6.45) is 0. The summed E-state index contributed by atoms with van der Waals surface area (Å²) in [7, 11) is 3.71. The van der Waals surface area contributed by atoms with E-state index < -0.39 is 0 Å².